The molecule has 1 aromatic carbocycles. The van der Waals surface area contributed by atoms with Gasteiger partial charge < -0.3 is 20.7 Å². The second kappa shape index (κ2) is 11.6. The molecule has 6 nitrogen and oxygen atoms in total. The summed E-state index contributed by atoms with van der Waals surface area (Å²) in [5, 5.41) is 3.36. The van der Waals surface area contributed by atoms with Crippen molar-refractivity contribution in [1.82, 2.24) is 10.2 Å². The molecular weight excluding hydrogens is 479 g/mol. The number of likely N-dealkylation sites (tertiary alicyclic amines) is 1. The van der Waals surface area contributed by atoms with Crippen LogP contribution in [0.1, 0.15) is 51.0 Å². The molecule has 0 radical (unpaired) electrons. The summed E-state index contributed by atoms with van der Waals surface area (Å²) in [7, 11) is 0. The van der Waals surface area contributed by atoms with E-state index in [1.165, 1.54) is 31.2 Å². The maximum atomic E-state index is 11.8. The van der Waals surface area contributed by atoms with Gasteiger partial charge in [0, 0.05) is 25.7 Å². The first-order valence-electron chi connectivity index (χ1n) is 10.6. The normalized spacial score (nSPS) is 19.5. The van der Waals surface area contributed by atoms with Gasteiger partial charge in [0.1, 0.15) is 0 Å². The standard InChI is InChI=1S/C22H34N4O2.HI/c1-2-28-21(27)26-14-10-19(11-15-26)25-20(23)24-17-22(12-6-7-13-22)16-18-8-4-3-5-9-18;/h3-5,8-9,19H,2,6-7,10-17H2,1H3,(H3,23,24,25);1H. The molecule has 162 valence electrons. The number of nitrogens with one attached hydrogen (secondary N) is 1. The maximum Gasteiger partial charge on any atom is 0.409 e. The number of guanidine groups is 1. The van der Waals surface area contributed by atoms with Crippen molar-refractivity contribution in [3.63, 3.8) is 0 Å². The van der Waals surface area contributed by atoms with Gasteiger partial charge in [-0.2, -0.15) is 0 Å². The van der Waals surface area contributed by atoms with Crippen molar-refractivity contribution < 1.29 is 9.53 Å². The Balaban J connectivity index is 0.00000300. The molecule has 1 amide bonds. The van der Waals surface area contributed by atoms with Gasteiger partial charge in [-0.05, 0) is 50.0 Å². The number of amides is 1. The van der Waals surface area contributed by atoms with Gasteiger partial charge in [-0.25, -0.2) is 4.79 Å². The Hall–Kier alpha value is -1.51. The molecular formula is C22H35IN4O2. The number of aliphatic imine (C=N–C) groups is 1. The summed E-state index contributed by atoms with van der Waals surface area (Å²) in [5.41, 5.74) is 7.83. The number of piperidine rings is 1. The summed E-state index contributed by atoms with van der Waals surface area (Å²) in [6.07, 6.45) is 7.58. The number of halogens is 1. The van der Waals surface area contributed by atoms with E-state index in [4.69, 9.17) is 15.5 Å². The van der Waals surface area contributed by atoms with Crippen molar-refractivity contribution >= 4 is 36.0 Å². The van der Waals surface area contributed by atoms with Gasteiger partial charge in [-0.1, -0.05) is 43.2 Å². The van der Waals surface area contributed by atoms with E-state index in [-0.39, 0.29) is 41.5 Å². The van der Waals surface area contributed by atoms with Crippen LogP contribution in [0.5, 0.6) is 0 Å². The SMILES string of the molecule is CCOC(=O)N1CCC(NC(N)=NCC2(Cc3ccccc3)CCCC2)CC1.I. The fourth-order valence-corrected chi connectivity index (χ4v) is 4.47. The largest absolute Gasteiger partial charge is 0.450 e. The highest BCUT2D eigenvalue weighted by Crippen LogP contribution is 2.41. The molecule has 1 aromatic rings. The molecule has 1 saturated heterocycles. The van der Waals surface area contributed by atoms with E-state index >= 15 is 0 Å². The van der Waals surface area contributed by atoms with E-state index in [1.807, 2.05) is 6.92 Å². The van der Waals surface area contributed by atoms with Crippen molar-refractivity contribution in [1.29, 1.82) is 0 Å². The van der Waals surface area contributed by atoms with Crippen LogP contribution in [-0.2, 0) is 11.2 Å². The first-order chi connectivity index (χ1) is 13.6. The van der Waals surface area contributed by atoms with Crippen LogP contribution in [0.25, 0.3) is 0 Å². The topological polar surface area (TPSA) is 80.0 Å². The maximum absolute atomic E-state index is 11.8. The number of ether oxygens (including phenoxy) is 1. The third kappa shape index (κ3) is 7.04. The molecule has 1 saturated carbocycles. The van der Waals surface area contributed by atoms with E-state index in [0.29, 0.717) is 25.7 Å². The third-order valence-electron chi connectivity index (χ3n) is 6.04. The Morgan fingerprint density at radius 1 is 1.24 bits per heavy atom. The molecule has 0 spiro atoms. The summed E-state index contributed by atoms with van der Waals surface area (Å²) in [6.45, 7) is 4.42. The Bertz CT molecular complexity index is 654. The van der Waals surface area contributed by atoms with Gasteiger partial charge in [-0.3, -0.25) is 4.99 Å². The average Bonchev–Trinajstić information content (AvgIpc) is 3.17. The highest BCUT2D eigenvalue weighted by molar-refractivity contribution is 14.0. The molecule has 7 heteroatoms. The van der Waals surface area contributed by atoms with Crippen molar-refractivity contribution in [2.75, 3.05) is 26.2 Å². The number of benzene rings is 1. The van der Waals surface area contributed by atoms with Gasteiger partial charge in [0.05, 0.1) is 6.61 Å². The zero-order chi connectivity index (χ0) is 19.8. The van der Waals surface area contributed by atoms with Gasteiger partial charge in [0.15, 0.2) is 5.96 Å². The van der Waals surface area contributed by atoms with Crippen molar-refractivity contribution in [3.8, 4) is 0 Å². The summed E-state index contributed by atoms with van der Waals surface area (Å²) >= 11 is 0. The van der Waals surface area contributed by atoms with E-state index in [0.717, 1.165) is 25.8 Å². The highest BCUT2D eigenvalue weighted by atomic mass is 127. The molecule has 29 heavy (non-hydrogen) atoms. The lowest BCUT2D eigenvalue weighted by atomic mass is 9.80. The molecule has 1 aliphatic heterocycles. The predicted octanol–water partition coefficient (Wildman–Crippen LogP) is 3.93. The lowest BCUT2D eigenvalue weighted by Crippen LogP contribution is -2.48. The zero-order valence-electron chi connectivity index (χ0n) is 17.4. The van der Waals surface area contributed by atoms with Crippen LogP contribution in [0.15, 0.2) is 35.3 Å². The molecule has 3 N–H and O–H groups in total. The van der Waals surface area contributed by atoms with Crippen molar-refractivity contribution in [2.24, 2.45) is 16.1 Å². The monoisotopic (exact) mass is 514 g/mol. The van der Waals surface area contributed by atoms with Crippen LogP contribution >= 0.6 is 24.0 Å². The van der Waals surface area contributed by atoms with Crippen molar-refractivity contribution in [3.05, 3.63) is 35.9 Å². The van der Waals surface area contributed by atoms with E-state index in [2.05, 4.69) is 35.6 Å². The van der Waals surface area contributed by atoms with Gasteiger partial charge in [0.2, 0.25) is 0 Å². The molecule has 2 fully saturated rings. The van der Waals surface area contributed by atoms with Crippen LogP contribution in [0.2, 0.25) is 0 Å². The van der Waals surface area contributed by atoms with Gasteiger partial charge in [-0.15, -0.1) is 24.0 Å². The lowest BCUT2D eigenvalue weighted by molar-refractivity contribution is 0.0963. The van der Waals surface area contributed by atoms with Crippen LogP contribution < -0.4 is 11.1 Å². The molecule has 2 aliphatic rings. The smallest absolute Gasteiger partial charge is 0.409 e. The Labute approximate surface area is 191 Å². The van der Waals surface area contributed by atoms with Crippen LogP contribution in [-0.4, -0.2) is 49.2 Å². The highest BCUT2D eigenvalue weighted by Gasteiger charge is 2.34. The molecule has 0 bridgehead atoms. The van der Waals surface area contributed by atoms with Crippen LogP contribution in [0, 0.1) is 5.41 Å². The molecule has 1 aliphatic carbocycles. The summed E-state index contributed by atoms with van der Waals surface area (Å²) in [6, 6.07) is 11.0. The van der Waals surface area contributed by atoms with E-state index in [9.17, 15) is 4.79 Å². The molecule has 0 aromatic heterocycles. The molecule has 1 heterocycles. The van der Waals surface area contributed by atoms with E-state index < -0.39 is 0 Å². The number of hydrogen-bond donors (Lipinski definition) is 2. The Kier molecular flexibility index (Phi) is 9.52. The minimum atomic E-state index is -0.216. The predicted molar refractivity (Wildman–Crippen MR) is 128 cm³/mol. The Morgan fingerprint density at radius 3 is 2.52 bits per heavy atom. The first kappa shape index (κ1) is 23.8. The number of carbonyl (C=O) groups is 1. The van der Waals surface area contributed by atoms with Gasteiger partial charge in [0.25, 0.3) is 0 Å². The number of nitrogens with zero attached hydrogens (tertiary/aromatic N) is 2. The van der Waals surface area contributed by atoms with Crippen LogP contribution in [0.4, 0.5) is 4.79 Å². The van der Waals surface area contributed by atoms with Crippen molar-refractivity contribution in [2.45, 2.75) is 57.9 Å². The molecule has 0 atom stereocenters. The number of hydrogen-bond acceptors (Lipinski definition) is 3. The number of nitrogens with two attached hydrogens (primary N) is 1. The minimum absolute atomic E-state index is 0. The number of carbonyl (C=O) groups excluding carboxylic acids is 1. The quantitative estimate of drug-likeness (QED) is 0.343. The number of rotatable bonds is 6. The second-order valence-electron chi connectivity index (χ2n) is 8.18. The zero-order valence-corrected chi connectivity index (χ0v) is 19.8. The fourth-order valence-electron chi connectivity index (χ4n) is 4.47. The minimum Gasteiger partial charge on any atom is -0.450 e. The summed E-state index contributed by atoms with van der Waals surface area (Å²) < 4.78 is 5.07. The molecule has 3 rings (SSSR count). The summed E-state index contributed by atoms with van der Waals surface area (Å²) in [5.74, 6) is 0.536. The van der Waals surface area contributed by atoms with Gasteiger partial charge >= 0.3 is 6.09 Å². The summed E-state index contributed by atoms with van der Waals surface area (Å²) in [4.78, 5) is 18.3. The first-order valence-corrected chi connectivity index (χ1v) is 10.6. The molecule has 0 unspecified atom stereocenters. The second-order valence-corrected chi connectivity index (χ2v) is 8.18. The third-order valence-corrected chi connectivity index (χ3v) is 6.04. The Morgan fingerprint density at radius 2 is 1.90 bits per heavy atom. The average molecular weight is 514 g/mol. The van der Waals surface area contributed by atoms with Crippen LogP contribution in [0.3, 0.4) is 0 Å². The fraction of sp³-hybridized carbons (Fsp3) is 0.636. The van der Waals surface area contributed by atoms with E-state index in [1.54, 1.807) is 4.90 Å². The lowest BCUT2D eigenvalue weighted by Gasteiger charge is -2.32.